The molecule has 0 saturated carbocycles. The molecule has 1 aromatic rings. The normalized spacial score (nSPS) is 11.8. The molecule has 0 spiro atoms. The molecular formula is C12H16N2O3. The summed E-state index contributed by atoms with van der Waals surface area (Å²) < 4.78 is 0. The number of carboxylic acids is 1. The first-order valence-electron chi connectivity index (χ1n) is 5.55. The van der Waals surface area contributed by atoms with Crippen LogP contribution >= 0.6 is 0 Å². The van der Waals surface area contributed by atoms with Gasteiger partial charge in [0.2, 0.25) is 5.91 Å². The molecule has 0 aliphatic carbocycles. The molecule has 0 aliphatic heterocycles. The summed E-state index contributed by atoms with van der Waals surface area (Å²) in [7, 11) is 0. The highest BCUT2D eigenvalue weighted by atomic mass is 16.4. The number of hydrogen-bond acceptors (Lipinski definition) is 3. The van der Waals surface area contributed by atoms with Gasteiger partial charge >= 0.3 is 5.97 Å². The molecule has 1 atom stereocenters. The Kier molecular flexibility index (Phi) is 5.13. The molecule has 5 nitrogen and oxygen atoms in total. The topological polar surface area (TPSA) is 79.3 Å². The summed E-state index contributed by atoms with van der Waals surface area (Å²) in [5, 5.41) is 11.3. The molecule has 17 heavy (non-hydrogen) atoms. The zero-order chi connectivity index (χ0) is 12.7. The van der Waals surface area contributed by atoms with Gasteiger partial charge in [0.25, 0.3) is 0 Å². The minimum Gasteiger partial charge on any atom is -0.480 e. The summed E-state index contributed by atoms with van der Waals surface area (Å²) in [4.78, 5) is 26.3. The van der Waals surface area contributed by atoms with E-state index in [1.807, 2.05) is 12.1 Å². The third kappa shape index (κ3) is 4.63. The fourth-order valence-electron chi connectivity index (χ4n) is 1.39. The second-order valence-corrected chi connectivity index (χ2v) is 3.69. The van der Waals surface area contributed by atoms with Crippen LogP contribution in [0.5, 0.6) is 0 Å². The second kappa shape index (κ2) is 6.62. The smallest absolute Gasteiger partial charge is 0.326 e. The lowest BCUT2D eigenvalue weighted by molar-refractivity contribution is -0.141. The van der Waals surface area contributed by atoms with Crippen molar-refractivity contribution in [2.45, 2.75) is 32.2 Å². The Balaban J connectivity index is 2.37. The Labute approximate surface area is 99.9 Å². The third-order valence-corrected chi connectivity index (χ3v) is 2.38. The number of carbonyl (C=O) groups is 2. The standard InChI is InChI=1S/C12H16N2O3/c1-2-10(12(16)17)14-11(15)7-6-9-5-3-4-8-13-9/h3-5,8,10H,2,6-7H2,1H3,(H,14,15)(H,16,17)/t10-/m1/s1. The first-order valence-corrected chi connectivity index (χ1v) is 5.55. The van der Waals surface area contributed by atoms with Crippen molar-refractivity contribution in [1.82, 2.24) is 10.3 Å². The summed E-state index contributed by atoms with van der Waals surface area (Å²) in [6.45, 7) is 1.72. The second-order valence-electron chi connectivity index (χ2n) is 3.69. The highest BCUT2D eigenvalue weighted by Crippen LogP contribution is 1.99. The van der Waals surface area contributed by atoms with Crippen molar-refractivity contribution in [2.75, 3.05) is 0 Å². The summed E-state index contributed by atoms with van der Waals surface area (Å²) in [5.41, 5.74) is 0.825. The maximum absolute atomic E-state index is 11.5. The predicted octanol–water partition coefficient (Wildman–Crippen LogP) is 0.994. The van der Waals surface area contributed by atoms with E-state index in [1.54, 1.807) is 19.2 Å². The van der Waals surface area contributed by atoms with Crippen LogP contribution in [-0.2, 0) is 16.0 Å². The number of amides is 1. The minimum absolute atomic E-state index is 0.251. The molecule has 0 unspecified atom stereocenters. The highest BCUT2D eigenvalue weighted by Gasteiger charge is 2.17. The van der Waals surface area contributed by atoms with Crippen LogP contribution in [0.4, 0.5) is 0 Å². The largest absolute Gasteiger partial charge is 0.480 e. The van der Waals surface area contributed by atoms with Gasteiger partial charge in [0.05, 0.1) is 0 Å². The molecule has 0 radical (unpaired) electrons. The maximum Gasteiger partial charge on any atom is 0.326 e. The van der Waals surface area contributed by atoms with E-state index in [0.29, 0.717) is 12.8 Å². The van der Waals surface area contributed by atoms with Crippen LogP contribution in [0.2, 0.25) is 0 Å². The molecular weight excluding hydrogens is 220 g/mol. The number of nitrogens with zero attached hydrogens (tertiary/aromatic N) is 1. The van der Waals surface area contributed by atoms with Gasteiger partial charge in [-0.15, -0.1) is 0 Å². The van der Waals surface area contributed by atoms with E-state index in [1.165, 1.54) is 0 Å². The number of pyridine rings is 1. The molecule has 1 amide bonds. The number of aryl methyl sites for hydroxylation is 1. The minimum atomic E-state index is -1.00. The molecule has 0 fully saturated rings. The van der Waals surface area contributed by atoms with Crippen LogP contribution in [0.25, 0.3) is 0 Å². The van der Waals surface area contributed by atoms with Gasteiger partial charge in [0.1, 0.15) is 6.04 Å². The van der Waals surface area contributed by atoms with Crippen LogP contribution in [0, 0.1) is 0 Å². The average Bonchev–Trinajstić information content (AvgIpc) is 2.34. The van der Waals surface area contributed by atoms with Crippen molar-refractivity contribution in [3.63, 3.8) is 0 Å². The van der Waals surface area contributed by atoms with E-state index in [2.05, 4.69) is 10.3 Å². The van der Waals surface area contributed by atoms with E-state index >= 15 is 0 Å². The molecule has 0 aliphatic rings. The average molecular weight is 236 g/mol. The number of carboxylic acid groups (broad SMARTS) is 1. The molecule has 2 N–H and O–H groups in total. The van der Waals surface area contributed by atoms with Gasteiger partial charge in [-0.2, -0.15) is 0 Å². The van der Waals surface area contributed by atoms with Crippen molar-refractivity contribution in [1.29, 1.82) is 0 Å². The fraction of sp³-hybridized carbons (Fsp3) is 0.417. The first-order chi connectivity index (χ1) is 8.13. The molecule has 1 aromatic heterocycles. The zero-order valence-electron chi connectivity index (χ0n) is 9.72. The van der Waals surface area contributed by atoms with E-state index in [-0.39, 0.29) is 12.3 Å². The Morgan fingerprint density at radius 1 is 1.47 bits per heavy atom. The number of aliphatic carboxylic acids is 1. The van der Waals surface area contributed by atoms with Gasteiger partial charge < -0.3 is 10.4 Å². The summed E-state index contributed by atoms with van der Waals surface area (Å²) >= 11 is 0. The molecule has 1 rings (SSSR count). The number of rotatable bonds is 6. The van der Waals surface area contributed by atoms with Crippen LogP contribution < -0.4 is 5.32 Å². The van der Waals surface area contributed by atoms with Gasteiger partial charge in [-0.1, -0.05) is 13.0 Å². The highest BCUT2D eigenvalue weighted by molar-refractivity contribution is 5.83. The molecule has 0 bridgehead atoms. The third-order valence-electron chi connectivity index (χ3n) is 2.38. The van der Waals surface area contributed by atoms with Crippen molar-refractivity contribution in [3.05, 3.63) is 30.1 Å². The van der Waals surface area contributed by atoms with Gasteiger partial charge in [-0.3, -0.25) is 9.78 Å². The van der Waals surface area contributed by atoms with Crippen LogP contribution in [0.3, 0.4) is 0 Å². The van der Waals surface area contributed by atoms with E-state index in [4.69, 9.17) is 5.11 Å². The van der Waals surface area contributed by atoms with Crippen molar-refractivity contribution in [2.24, 2.45) is 0 Å². The van der Waals surface area contributed by atoms with Crippen molar-refractivity contribution < 1.29 is 14.7 Å². The lowest BCUT2D eigenvalue weighted by Crippen LogP contribution is -2.40. The predicted molar refractivity (Wildman–Crippen MR) is 62.4 cm³/mol. The molecule has 5 heteroatoms. The monoisotopic (exact) mass is 236 g/mol. The summed E-state index contributed by atoms with van der Waals surface area (Å²) in [6.07, 6.45) is 2.81. The molecule has 0 aromatic carbocycles. The zero-order valence-corrected chi connectivity index (χ0v) is 9.72. The summed E-state index contributed by atoms with van der Waals surface area (Å²) in [5.74, 6) is -1.26. The van der Waals surface area contributed by atoms with Crippen molar-refractivity contribution in [3.8, 4) is 0 Å². The first kappa shape index (κ1) is 13.2. The van der Waals surface area contributed by atoms with Crippen LogP contribution in [-0.4, -0.2) is 28.0 Å². The number of carbonyl (C=O) groups excluding carboxylic acids is 1. The lowest BCUT2D eigenvalue weighted by Gasteiger charge is -2.11. The Morgan fingerprint density at radius 2 is 2.24 bits per heavy atom. The van der Waals surface area contributed by atoms with E-state index in [0.717, 1.165) is 5.69 Å². The van der Waals surface area contributed by atoms with E-state index in [9.17, 15) is 9.59 Å². The quantitative estimate of drug-likeness (QED) is 0.772. The van der Waals surface area contributed by atoms with Crippen LogP contribution in [0.15, 0.2) is 24.4 Å². The SMILES string of the molecule is CC[C@@H](NC(=O)CCc1ccccn1)C(=O)O. The van der Waals surface area contributed by atoms with Gasteiger partial charge in [0.15, 0.2) is 0 Å². The number of hydrogen-bond donors (Lipinski definition) is 2. The maximum atomic E-state index is 11.5. The number of aromatic nitrogens is 1. The summed E-state index contributed by atoms with van der Waals surface area (Å²) in [6, 6.07) is 4.70. The van der Waals surface area contributed by atoms with E-state index < -0.39 is 12.0 Å². The Bertz CT molecular complexity index is 379. The molecule has 0 saturated heterocycles. The Hall–Kier alpha value is -1.91. The van der Waals surface area contributed by atoms with Gasteiger partial charge in [-0.25, -0.2) is 4.79 Å². The van der Waals surface area contributed by atoms with Crippen molar-refractivity contribution >= 4 is 11.9 Å². The fourth-order valence-corrected chi connectivity index (χ4v) is 1.39. The molecule has 1 heterocycles. The lowest BCUT2D eigenvalue weighted by atomic mass is 10.2. The molecule has 92 valence electrons. The Morgan fingerprint density at radius 3 is 2.76 bits per heavy atom. The van der Waals surface area contributed by atoms with Gasteiger partial charge in [0, 0.05) is 18.3 Å². The van der Waals surface area contributed by atoms with Crippen LogP contribution in [0.1, 0.15) is 25.5 Å². The van der Waals surface area contributed by atoms with Gasteiger partial charge in [-0.05, 0) is 25.0 Å². The number of nitrogens with one attached hydrogen (secondary N) is 1.